The number of halogens is 3. The first-order valence-corrected chi connectivity index (χ1v) is 5.20. The molecule has 1 aromatic rings. The third-order valence-corrected chi connectivity index (χ3v) is 2.82. The average Bonchev–Trinajstić information content (AvgIpc) is 2.14. The number of alkyl halides is 3. The van der Waals surface area contributed by atoms with Crippen molar-refractivity contribution in [3.05, 3.63) is 29.8 Å². The summed E-state index contributed by atoms with van der Waals surface area (Å²) < 4.78 is 39.6. The van der Waals surface area contributed by atoms with Crippen molar-refractivity contribution in [3.63, 3.8) is 0 Å². The molecule has 0 heterocycles. The van der Waals surface area contributed by atoms with Crippen LogP contribution in [0.4, 0.5) is 13.2 Å². The largest absolute Gasteiger partial charge is 0.573 e. The molecule has 15 heavy (non-hydrogen) atoms. The van der Waals surface area contributed by atoms with Crippen LogP contribution in [0.5, 0.6) is 5.75 Å². The normalized spacial score (nSPS) is 13.7. The standard InChI is InChI=1S/C10H12F3OP/c1-2-9(15)7-4-3-5-8(6-7)14-10(11,12)13/h3-6,9H,2,15H2,1H3. The van der Waals surface area contributed by atoms with Crippen molar-refractivity contribution in [3.8, 4) is 5.75 Å². The minimum Gasteiger partial charge on any atom is -0.406 e. The van der Waals surface area contributed by atoms with E-state index < -0.39 is 6.36 Å². The maximum absolute atomic E-state index is 11.9. The Morgan fingerprint density at radius 2 is 2.07 bits per heavy atom. The second-order valence-corrected chi connectivity index (χ2v) is 3.94. The van der Waals surface area contributed by atoms with Crippen LogP contribution < -0.4 is 4.74 Å². The second kappa shape index (κ2) is 4.84. The van der Waals surface area contributed by atoms with Crippen molar-refractivity contribution in [1.29, 1.82) is 0 Å². The van der Waals surface area contributed by atoms with Crippen LogP contribution in [0.2, 0.25) is 0 Å². The molecule has 0 saturated heterocycles. The first kappa shape index (κ1) is 12.3. The molecule has 1 rings (SSSR count). The lowest BCUT2D eigenvalue weighted by atomic mass is 10.1. The van der Waals surface area contributed by atoms with E-state index in [9.17, 15) is 13.2 Å². The molecule has 84 valence electrons. The Morgan fingerprint density at radius 3 is 2.60 bits per heavy atom. The van der Waals surface area contributed by atoms with Gasteiger partial charge in [-0.25, -0.2) is 0 Å². The monoisotopic (exact) mass is 236 g/mol. The van der Waals surface area contributed by atoms with Gasteiger partial charge in [0.05, 0.1) is 0 Å². The Hall–Kier alpha value is -0.760. The topological polar surface area (TPSA) is 9.23 Å². The molecule has 0 aliphatic rings. The van der Waals surface area contributed by atoms with Gasteiger partial charge in [0.25, 0.3) is 0 Å². The summed E-state index contributed by atoms with van der Waals surface area (Å²) >= 11 is 0. The molecule has 0 spiro atoms. The minimum absolute atomic E-state index is 0.154. The Balaban J connectivity index is 2.83. The molecular weight excluding hydrogens is 224 g/mol. The fourth-order valence-electron chi connectivity index (χ4n) is 1.18. The van der Waals surface area contributed by atoms with Crippen LogP contribution in [0.25, 0.3) is 0 Å². The van der Waals surface area contributed by atoms with Gasteiger partial charge in [0.15, 0.2) is 0 Å². The van der Waals surface area contributed by atoms with E-state index in [0.717, 1.165) is 12.0 Å². The Kier molecular flexibility index (Phi) is 3.97. The highest BCUT2D eigenvalue weighted by Crippen LogP contribution is 2.30. The zero-order chi connectivity index (χ0) is 11.5. The zero-order valence-corrected chi connectivity index (χ0v) is 9.37. The first-order chi connectivity index (χ1) is 6.92. The lowest BCUT2D eigenvalue weighted by Gasteiger charge is -2.12. The number of rotatable bonds is 3. The SMILES string of the molecule is CCC(P)c1cccc(OC(F)(F)F)c1. The molecule has 1 nitrogen and oxygen atoms in total. The van der Waals surface area contributed by atoms with Gasteiger partial charge in [-0.2, -0.15) is 0 Å². The van der Waals surface area contributed by atoms with E-state index in [0.29, 0.717) is 0 Å². The van der Waals surface area contributed by atoms with Crippen LogP contribution >= 0.6 is 9.24 Å². The van der Waals surface area contributed by atoms with E-state index in [-0.39, 0.29) is 11.4 Å². The number of hydrogen-bond acceptors (Lipinski definition) is 1. The molecule has 2 unspecified atom stereocenters. The van der Waals surface area contributed by atoms with E-state index in [2.05, 4.69) is 14.0 Å². The van der Waals surface area contributed by atoms with E-state index >= 15 is 0 Å². The molecule has 0 bridgehead atoms. The van der Waals surface area contributed by atoms with Crippen molar-refractivity contribution < 1.29 is 17.9 Å². The average molecular weight is 236 g/mol. The Labute approximate surface area is 88.8 Å². The van der Waals surface area contributed by atoms with E-state index in [1.807, 2.05) is 6.92 Å². The van der Waals surface area contributed by atoms with E-state index in [4.69, 9.17) is 0 Å². The fourth-order valence-corrected chi connectivity index (χ4v) is 1.39. The van der Waals surface area contributed by atoms with Crippen LogP contribution in [0.3, 0.4) is 0 Å². The molecule has 0 radical (unpaired) electrons. The summed E-state index contributed by atoms with van der Waals surface area (Å²) in [6, 6.07) is 6.05. The molecule has 0 aromatic heterocycles. The van der Waals surface area contributed by atoms with Crippen molar-refractivity contribution in [1.82, 2.24) is 0 Å². The molecular formula is C10H12F3OP. The van der Waals surface area contributed by atoms with Crippen LogP contribution in [-0.2, 0) is 0 Å². The molecule has 0 amide bonds. The third kappa shape index (κ3) is 4.08. The van der Waals surface area contributed by atoms with Crippen molar-refractivity contribution in [2.45, 2.75) is 25.4 Å². The fraction of sp³-hybridized carbons (Fsp3) is 0.400. The quantitative estimate of drug-likeness (QED) is 0.723. The molecule has 0 aliphatic heterocycles. The lowest BCUT2D eigenvalue weighted by Crippen LogP contribution is -2.17. The lowest BCUT2D eigenvalue weighted by molar-refractivity contribution is -0.274. The van der Waals surface area contributed by atoms with Gasteiger partial charge in [0.1, 0.15) is 5.75 Å². The molecule has 1 aromatic carbocycles. The Bertz CT molecular complexity index is 325. The Morgan fingerprint density at radius 1 is 1.40 bits per heavy atom. The van der Waals surface area contributed by atoms with Crippen LogP contribution in [0.1, 0.15) is 24.6 Å². The van der Waals surface area contributed by atoms with Crippen molar-refractivity contribution in [2.75, 3.05) is 0 Å². The number of ether oxygens (including phenoxy) is 1. The molecule has 5 heteroatoms. The smallest absolute Gasteiger partial charge is 0.406 e. The van der Waals surface area contributed by atoms with E-state index in [1.165, 1.54) is 12.1 Å². The highest BCUT2D eigenvalue weighted by atomic mass is 31.0. The van der Waals surface area contributed by atoms with Crippen LogP contribution in [0.15, 0.2) is 24.3 Å². The van der Waals surface area contributed by atoms with Gasteiger partial charge >= 0.3 is 6.36 Å². The first-order valence-electron chi connectivity index (χ1n) is 4.53. The van der Waals surface area contributed by atoms with Gasteiger partial charge in [-0.05, 0) is 29.8 Å². The molecule has 2 atom stereocenters. The summed E-state index contributed by atoms with van der Waals surface area (Å²) in [5, 5.41) is 0. The van der Waals surface area contributed by atoms with Crippen molar-refractivity contribution >= 4 is 9.24 Å². The van der Waals surface area contributed by atoms with Gasteiger partial charge in [-0.1, -0.05) is 19.1 Å². The van der Waals surface area contributed by atoms with Crippen molar-refractivity contribution in [2.24, 2.45) is 0 Å². The van der Waals surface area contributed by atoms with Gasteiger partial charge < -0.3 is 4.74 Å². The van der Waals surface area contributed by atoms with Gasteiger partial charge in [-0.15, -0.1) is 22.4 Å². The van der Waals surface area contributed by atoms with Gasteiger partial charge in [-0.3, -0.25) is 0 Å². The summed E-state index contributed by atoms with van der Waals surface area (Å²) in [6.07, 6.45) is -3.78. The zero-order valence-electron chi connectivity index (χ0n) is 8.21. The summed E-state index contributed by atoms with van der Waals surface area (Å²) in [4.78, 5) is 0. The molecule has 0 fully saturated rings. The molecule has 0 saturated carbocycles. The summed E-state index contributed by atoms with van der Waals surface area (Å²) in [5.74, 6) is -0.166. The highest BCUT2D eigenvalue weighted by molar-refractivity contribution is 7.17. The summed E-state index contributed by atoms with van der Waals surface area (Å²) in [5.41, 5.74) is 0.978. The van der Waals surface area contributed by atoms with E-state index in [1.54, 1.807) is 12.1 Å². The second-order valence-electron chi connectivity index (χ2n) is 3.14. The third-order valence-electron chi connectivity index (χ3n) is 1.96. The van der Waals surface area contributed by atoms with Crippen LogP contribution in [0, 0.1) is 0 Å². The summed E-state index contributed by atoms with van der Waals surface area (Å²) in [6.45, 7) is 1.97. The summed E-state index contributed by atoms with van der Waals surface area (Å²) in [7, 11) is 2.59. The predicted molar refractivity (Wildman–Crippen MR) is 55.9 cm³/mol. The maximum Gasteiger partial charge on any atom is 0.573 e. The number of hydrogen-bond donors (Lipinski definition) is 0. The highest BCUT2D eigenvalue weighted by Gasteiger charge is 2.31. The van der Waals surface area contributed by atoms with Crippen LogP contribution in [-0.4, -0.2) is 6.36 Å². The van der Waals surface area contributed by atoms with Gasteiger partial charge in [0.2, 0.25) is 0 Å². The molecule has 0 N–H and O–H groups in total. The maximum atomic E-state index is 11.9. The molecule has 0 aliphatic carbocycles. The predicted octanol–water partition coefficient (Wildman–Crippen LogP) is 3.91. The van der Waals surface area contributed by atoms with Gasteiger partial charge in [0, 0.05) is 0 Å². The number of benzene rings is 1. The minimum atomic E-state index is -4.62.